The van der Waals surface area contributed by atoms with Gasteiger partial charge in [-0.05, 0) is 60.3 Å². The Kier molecular flexibility index (Phi) is 8.19. The van der Waals surface area contributed by atoms with Crippen LogP contribution in [0.2, 0.25) is 5.02 Å². The number of ether oxygens (including phenoxy) is 1. The third kappa shape index (κ3) is 5.63. The third-order valence-electron chi connectivity index (χ3n) is 4.55. The largest absolute Gasteiger partial charge is 0.497 e. The lowest BCUT2D eigenvalue weighted by Crippen LogP contribution is -2.40. The highest BCUT2D eigenvalue weighted by Gasteiger charge is 2.24. The summed E-state index contributed by atoms with van der Waals surface area (Å²) in [6.45, 7) is 6.27. The van der Waals surface area contributed by atoms with Crippen molar-refractivity contribution in [3.05, 3.63) is 70.9 Å². The second kappa shape index (κ2) is 11.1. The van der Waals surface area contributed by atoms with Crippen LogP contribution >= 0.6 is 23.5 Å². The first-order chi connectivity index (χ1) is 15.5. The van der Waals surface area contributed by atoms with Crippen molar-refractivity contribution in [1.29, 1.82) is 0 Å². The van der Waals surface area contributed by atoms with Crippen molar-refractivity contribution in [3.8, 4) is 5.75 Å². The molecule has 9 heteroatoms. The van der Waals surface area contributed by atoms with Crippen molar-refractivity contribution in [3.63, 3.8) is 0 Å². The number of aromatic nitrogens is 1. The SMILES string of the molecule is CC.COc1cc(C)cc(C(CNC(=O)C2=Nc3ccc(Cl)cc3SN2)c2ncco2)c1. The van der Waals surface area contributed by atoms with Gasteiger partial charge in [0.2, 0.25) is 11.7 Å². The van der Waals surface area contributed by atoms with E-state index < -0.39 is 0 Å². The van der Waals surface area contributed by atoms with Gasteiger partial charge in [-0.2, -0.15) is 0 Å². The van der Waals surface area contributed by atoms with E-state index >= 15 is 0 Å². The Hall–Kier alpha value is -2.97. The Morgan fingerprint density at radius 3 is 2.81 bits per heavy atom. The summed E-state index contributed by atoms with van der Waals surface area (Å²) in [5, 5.41) is 3.54. The van der Waals surface area contributed by atoms with Gasteiger partial charge in [0, 0.05) is 11.6 Å². The number of rotatable bonds is 6. The van der Waals surface area contributed by atoms with Crippen molar-refractivity contribution < 1.29 is 13.9 Å². The zero-order chi connectivity index (χ0) is 23.1. The van der Waals surface area contributed by atoms with Gasteiger partial charge >= 0.3 is 0 Å². The zero-order valence-corrected chi connectivity index (χ0v) is 19.9. The highest BCUT2D eigenvalue weighted by molar-refractivity contribution is 7.98. The number of benzene rings is 2. The molecule has 0 aliphatic carbocycles. The van der Waals surface area contributed by atoms with Crippen LogP contribution in [0.15, 0.2) is 63.2 Å². The molecule has 2 N–H and O–H groups in total. The van der Waals surface area contributed by atoms with Gasteiger partial charge in [-0.15, -0.1) is 0 Å². The molecule has 7 nitrogen and oxygen atoms in total. The number of nitrogens with one attached hydrogen (secondary N) is 2. The van der Waals surface area contributed by atoms with E-state index in [1.54, 1.807) is 31.5 Å². The number of carbonyl (C=O) groups is 1. The number of amidine groups is 1. The lowest BCUT2D eigenvalue weighted by Gasteiger charge is -2.19. The summed E-state index contributed by atoms with van der Waals surface area (Å²) in [5.41, 5.74) is 2.67. The number of fused-ring (bicyclic) bond motifs is 1. The molecule has 0 saturated heterocycles. The molecule has 3 aromatic rings. The van der Waals surface area contributed by atoms with Crippen LogP contribution in [0.5, 0.6) is 5.75 Å². The van der Waals surface area contributed by atoms with E-state index in [2.05, 4.69) is 20.0 Å². The van der Waals surface area contributed by atoms with Crippen molar-refractivity contribution in [2.45, 2.75) is 31.6 Å². The van der Waals surface area contributed by atoms with E-state index in [0.717, 1.165) is 21.8 Å². The minimum Gasteiger partial charge on any atom is -0.497 e. The van der Waals surface area contributed by atoms with E-state index in [-0.39, 0.29) is 24.2 Å². The molecule has 0 saturated carbocycles. The van der Waals surface area contributed by atoms with Crippen LogP contribution in [0.1, 0.15) is 36.8 Å². The Balaban J connectivity index is 0.00000141. The number of amides is 1. The number of nitrogens with zero attached hydrogens (tertiary/aromatic N) is 2. The average Bonchev–Trinajstić information content (AvgIpc) is 3.34. The van der Waals surface area contributed by atoms with Crippen LogP contribution in [0.3, 0.4) is 0 Å². The standard InChI is InChI=1S/C21H19ClN4O3S.C2H6/c1-12-7-13(9-15(8-12)28-2)16(21-23-5-6-29-21)11-24-20(27)19-25-17-4-3-14(22)10-18(17)30-26-19;1-2/h3-10,16H,11H2,1-2H3,(H,24,27)(H,25,26);1-2H3. The first kappa shape index (κ1) is 23.7. The number of carbonyl (C=O) groups excluding carboxylic acids is 1. The maximum Gasteiger partial charge on any atom is 0.287 e. The number of aliphatic imine (C=N–C) groups is 1. The van der Waals surface area contributed by atoms with Gasteiger partial charge in [-0.3, -0.25) is 4.79 Å². The molecule has 2 heterocycles. The molecule has 1 atom stereocenters. The number of oxazole rings is 1. The van der Waals surface area contributed by atoms with Crippen LogP contribution in [-0.4, -0.2) is 30.4 Å². The fourth-order valence-electron chi connectivity index (χ4n) is 3.13. The number of aryl methyl sites for hydroxylation is 1. The van der Waals surface area contributed by atoms with Crippen molar-refractivity contribution >= 4 is 41.0 Å². The molecule has 4 rings (SSSR count). The molecule has 0 spiro atoms. The van der Waals surface area contributed by atoms with Gasteiger partial charge in [0.05, 0.1) is 29.8 Å². The molecule has 1 aliphatic heterocycles. The fourth-order valence-corrected chi connectivity index (χ4v) is 4.12. The third-order valence-corrected chi connectivity index (χ3v) is 5.63. The van der Waals surface area contributed by atoms with Gasteiger partial charge in [0.15, 0.2) is 0 Å². The first-order valence-corrected chi connectivity index (χ1v) is 11.4. The molecule has 0 radical (unpaired) electrons. The number of hydrogen-bond acceptors (Lipinski definition) is 7. The van der Waals surface area contributed by atoms with Crippen LogP contribution in [0.4, 0.5) is 5.69 Å². The second-order valence-corrected chi connectivity index (χ2v) is 7.98. The number of halogens is 1. The summed E-state index contributed by atoms with van der Waals surface area (Å²) in [5.74, 6) is 0.872. The molecule has 1 unspecified atom stereocenters. The van der Waals surface area contributed by atoms with Crippen LogP contribution in [0, 0.1) is 6.92 Å². The van der Waals surface area contributed by atoms with Crippen LogP contribution in [0.25, 0.3) is 0 Å². The second-order valence-electron chi connectivity index (χ2n) is 6.69. The summed E-state index contributed by atoms with van der Waals surface area (Å²) in [4.78, 5) is 22.3. The Morgan fingerprint density at radius 1 is 1.28 bits per heavy atom. The first-order valence-electron chi connectivity index (χ1n) is 10.2. The summed E-state index contributed by atoms with van der Waals surface area (Å²) >= 11 is 7.31. The normalized spacial score (nSPS) is 13.0. The molecule has 1 amide bonds. The molecule has 32 heavy (non-hydrogen) atoms. The predicted molar refractivity (Wildman–Crippen MR) is 128 cm³/mol. The quantitative estimate of drug-likeness (QED) is 0.476. The predicted octanol–water partition coefficient (Wildman–Crippen LogP) is 5.26. The van der Waals surface area contributed by atoms with Crippen LogP contribution < -0.4 is 14.8 Å². The molecule has 0 fully saturated rings. The zero-order valence-electron chi connectivity index (χ0n) is 18.3. The van der Waals surface area contributed by atoms with Gasteiger partial charge < -0.3 is 19.2 Å². The van der Waals surface area contributed by atoms with Crippen LogP contribution in [-0.2, 0) is 4.79 Å². The maximum absolute atomic E-state index is 12.8. The summed E-state index contributed by atoms with van der Waals surface area (Å²) in [7, 11) is 1.62. The summed E-state index contributed by atoms with van der Waals surface area (Å²) < 4.78 is 13.9. The average molecular weight is 473 g/mol. The molecular formula is C23H25ClN4O3S. The van der Waals surface area contributed by atoms with E-state index in [0.29, 0.717) is 16.6 Å². The topological polar surface area (TPSA) is 88.8 Å². The van der Waals surface area contributed by atoms with Gasteiger partial charge in [0.1, 0.15) is 12.0 Å². The van der Waals surface area contributed by atoms with E-state index in [1.807, 2.05) is 39.0 Å². The van der Waals surface area contributed by atoms with Gasteiger partial charge in [-0.25, -0.2) is 9.98 Å². The minimum absolute atomic E-state index is 0.225. The molecule has 168 valence electrons. The Bertz CT molecular complexity index is 1100. The molecule has 2 aromatic carbocycles. The lowest BCUT2D eigenvalue weighted by molar-refractivity contribution is -0.115. The molecular weight excluding hydrogens is 448 g/mol. The number of methoxy groups -OCH3 is 1. The molecule has 1 aliphatic rings. The van der Waals surface area contributed by atoms with Crippen molar-refractivity contribution in [2.24, 2.45) is 4.99 Å². The van der Waals surface area contributed by atoms with Crippen molar-refractivity contribution in [2.75, 3.05) is 13.7 Å². The molecule has 1 aromatic heterocycles. The van der Waals surface area contributed by atoms with E-state index in [9.17, 15) is 4.79 Å². The van der Waals surface area contributed by atoms with Crippen molar-refractivity contribution in [1.82, 2.24) is 15.0 Å². The highest BCUT2D eigenvalue weighted by atomic mass is 35.5. The minimum atomic E-state index is -0.320. The highest BCUT2D eigenvalue weighted by Crippen LogP contribution is 2.33. The lowest BCUT2D eigenvalue weighted by atomic mass is 9.96. The maximum atomic E-state index is 12.8. The Morgan fingerprint density at radius 2 is 2.09 bits per heavy atom. The fraction of sp³-hybridized carbons (Fsp3) is 0.261. The van der Waals surface area contributed by atoms with E-state index in [4.69, 9.17) is 20.8 Å². The monoisotopic (exact) mass is 472 g/mol. The molecule has 0 bridgehead atoms. The van der Waals surface area contributed by atoms with Gasteiger partial charge in [0.25, 0.3) is 5.91 Å². The number of hydrogen-bond donors (Lipinski definition) is 2. The summed E-state index contributed by atoms with van der Waals surface area (Å²) in [6.07, 6.45) is 3.10. The summed E-state index contributed by atoms with van der Waals surface area (Å²) in [6, 6.07) is 11.2. The smallest absolute Gasteiger partial charge is 0.287 e. The van der Waals surface area contributed by atoms with Gasteiger partial charge in [-0.1, -0.05) is 31.5 Å². The Labute approximate surface area is 196 Å². The van der Waals surface area contributed by atoms with E-state index in [1.165, 1.54) is 18.2 Å².